The number of ether oxygens (including phenoxy) is 1. The summed E-state index contributed by atoms with van der Waals surface area (Å²) < 4.78 is 5.74. The number of hydrogen-bond donors (Lipinski definition) is 1. The molecule has 158 valence electrons. The minimum absolute atomic E-state index is 0.176. The van der Waals surface area contributed by atoms with Crippen molar-refractivity contribution in [1.29, 1.82) is 5.26 Å². The lowest BCUT2D eigenvalue weighted by Gasteiger charge is -2.36. The first-order valence-electron chi connectivity index (χ1n) is 10.5. The van der Waals surface area contributed by atoms with E-state index in [1.54, 1.807) is 12.4 Å². The second-order valence-corrected chi connectivity index (χ2v) is 7.68. The first-order chi connectivity index (χ1) is 15.1. The molecule has 1 saturated heterocycles. The van der Waals surface area contributed by atoms with Crippen LogP contribution in [-0.4, -0.2) is 42.3 Å². The van der Waals surface area contributed by atoms with Crippen LogP contribution in [0.2, 0.25) is 0 Å². The van der Waals surface area contributed by atoms with Crippen LogP contribution in [0.15, 0.2) is 60.9 Å². The molecular weight excluding hydrogens is 388 g/mol. The molecule has 1 aliphatic heterocycles. The van der Waals surface area contributed by atoms with Crippen molar-refractivity contribution in [2.24, 2.45) is 0 Å². The van der Waals surface area contributed by atoms with E-state index < -0.39 is 0 Å². The Morgan fingerprint density at radius 1 is 0.968 bits per heavy atom. The van der Waals surface area contributed by atoms with Gasteiger partial charge in [-0.25, -0.2) is 9.97 Å². The normalized spacial score (nSPS) is 13.7. The van der Waals surface area contributed by atoms with Crippen LogP contribution in [0.5, 0.6) is 5.75 Å². The molecule has 1 aromatic heterocycles. The van der Waals surface area contributed by atoms with Crippen LogP contribution in [-0.2, 0) is 0 Å². The Balaban J connectivity index is 1.39. The number of hydrogen-bond acceptors (Lipinski definition) is 7. The highest BCUT2D eigenvalue weighted by atomic mass is 16.5. The SMILES string of the molecule is CC(C)Oc1ccc(N2CCN(c3cc(Nc4ccccc4C#N)ncn3)CC2)cc1. The summed E-state index contributed by atoms with van der Waals surface area (Å²) in [5.41, 5.74) is 2.53. The number of rotatable bonds is 6. The third-order valence-electron chi connectivity index (χ3n) is 5.14. The molecule has 7 heteroatoms. The van der Waals surface area contributed by atoms with E-state index in [1.807, 2.05) is 50.2 Å². The maximum absolute atomic E-state index is 9.28. The minimum atomic E-state index is 0.176. The zero-order valence-corrected chi connectivity index (χ0v) is 17.8. The van der Waals surface area contributed by atoms with E-state index >= 15 is 0 Å². The molecule has 31 heavy (non-hydrogen) atoms. The average molecular weight is 415 g/mol. The number of nitrogens with one attached hydrogen (secondary N) is 1. The van der Waals surface area contributed by atoms with Crippen molar-refractivity contribution in [3.8, 4) is 11.8 Å². The van der Waals surface area contributed by atoms with Crippen LogP contribution >= 0.6 is 0 Å². The minimum Gasteiger partial charge on any atom is -0.491 e. The van der Waals surface area contributed by atoms with E-state index in [4.69, 9.17) is 4.74 Å². The van der Waals surface area contributed by atoms with Crippen LogP contribution in [0.3, 0.4) is 0 Å². The maximum Gasteiger partial charge on any atom is 0.135 e. The molecule has 0 unspecified atom stereocenters. The molecule has 2 heterocycles. The quantitative estimate of drug-likeness (QED) is 0.647. The van der Waals surface area contributed by atoms with Gasteiger partial charge in [-0.15, -0.1) is 0 Å². The highest BCUT2D eigenvalue weighted by Gasteiger charge is 2.19. The van der Waals surface area contributed by atoms with E-state index in [0.717, 1.165) is 43.4 Å². The summed E-state index contributed by atoms with van der Waals surface area (Å²) in [5, 5.41) is 12.5. The first kappa shape index (κ1) is 20.5. The Morgan fingerprint density at radius 2 is 1.68 bits per heavy atom. The molecule has 2 aromatic carbocycles. The number of nitrogens with zero attached hydrogens (tertiary/aromatic N) is 5. The largest absolute Gasteiger partial charge is 0.491 e. The summed E-state index contributed by atoms with van der Waals surface area (Å²) in [5.74, 6) is 2.46. The molecule has 0 atom stereocenters. The second kappa shape index (κ2) is 9.35. The summed E-state index contributed by atoms with van der Waals surface area (Å²) in [6.45, 7) is 7.63. The van der Waals surface area contributed by atoms with Crippen molar-refractivity contribution < 1.29 is 4.74 Å². The Hall–Kier alpha value is -3.79. The smallest absolute Gasteiger partial charge is 0.135 e. The lowest BCUT2D eigenvalue weighted by molar-refractivity contribution is 0.242. The average Bonchev–Trinajstić information content (AvgIpc) is 2.80. The van der Waals surface area contributed by atoms with Crippen LogP contribution in [0, 0.1) is 11.3 Å². The molecule has 0 saturated carbocycles. The molecule has 0 radical (unpaired) electrons. The van der Waals surface area contributed by atoms with Gasteiger partial charge in [-0.1, -0.05) is 12.1 Å². The molecule has 0 spiro atoms. The summed E-state index contributed by atoms with van der Waals surface area (Å²) >= 11 is 0. The summed E-state index contributed by atoms with van der Waals surface area (Å²) in [4.78, 5) is 13.4. The van der Waals surface area contributed by atoms with Gasteiger partial charge in [-0.05, 0) is 50.2 Å². The van der Waals surface area contributed by atoms with Crippen LogP contribution < -0.4 is 19.9 Å². The zero-order valence-electron chi connectivity index (χ0n) is 17.8. The van der Waals surface area contributed by atoms with Crippen LogP contribution in [0.25, 0.3) is 0 Å². The highest BCUT2D eigenvalue weighted by molar-refractivity contribution is 5.66. The molecule has 1 N–H and O–H groups in total. The van der Waals surface area contributed by atoms with Gasteiger partial charge in [-0.2, -0.15) is 5.26 Å². The van der Waals surface area contributed by atoms with Crippen molar-refractivity contribution in [2.75, 3.05) is 41.3 Å². The van der Waals surface area contributed by atoms with Gasteiger partial charge in [0, 0.05) is 37.9 Å². The van der Waals surface area contributed by atoms with E-state index in [1.165, 1.54) is 5.69 Å². The maximum atomic E-state index is 9.28. The number of nitriles is 1. The molecule has 0 bridgehead atoms. The third-order valence-corrected chi connectivity index (χ3v) is 5.14. The fourth-order valence-corrected chi connectivity index (χ4v) is 3.62. The topological polar surface area (TPSA) is 77.3 Å². The number of piperazine rings is 1. The van der Waals surface area contributed by atoms with E-state index in [2.05, 4.69) is 43.3 Å². The van der Waals surface area contributed by atoms with Gasteiger partial charge in [0.05, 0.1) is 17.4 Å². The van der Waals surface area contributed by atoms with Gasteiger partial charge in [-0.3, -0.25) is 0 Å². The molecule has 0 aliphatic carbocycles. The van der Waals surface area contributed by atoms with Crippen LogP contribution in [0.1, 0.15) is 19.4 Å². The molecule has 1 aliphatic rings. The van der Waals surface area contributed by atoms with Crippen molar-refractivity contribution in [1.82, 2.24) is 9.97 Å². The zero-order chi connectivity index (χ0) is 21.6. The Bertz CT molecular complexity index is 1050. The van der Waals surface area contributed by atoms with Gasteiger partial charge < -0.3 is 19.9 Å². The predicted octanol–water partition coefficient (Wildman–Crippen LogP) is 4.21. The molecular formula is C24H26N6O. The fraction of sp³-hybridized carbons (Fsp3) is 0.292. The van der Waals surface area contributed by atoms with Crippen molar-refractivity contribution in [2.45, 2.75) is 20.0 Å². The van der Waals surface area contributed by atoms with E-state index in [-0.39, 0.29) is 6.10 Å². The fourth-order valence-electron chi connectivity index (χ4n) is 3.62. The molecule has 4 rings (SSSR count). The number of anilines is 4. The number of aromatic nitrogens is 2. The van der Waals surface area contributed by atoms with Gasteiger partial charge in [0.25, 0.3) is 0 Å². The van der Waals surface area contributed by atoms with Gasteiger partial charge in [0.1, 0.15) is 29.8 Å². The summed E-state index contributed by atoms with van der Waals surface area (Å²) in [6.07, 6.45) is 1.74. The summed E-state index contributed by atoms with van der Waals surface area (Å²) in [6, 6.07) is 19.8. The van der Waals surface area contributed by atoms with E-state index in [0.29, 0.717) is 11.4 Å². The molecule has 0 amide bonds. The third kappa shape index (κ3) is 5.04. The van der Waals surface area contributed by atoms with E-state index in [9.17, 15) is 5.26 Å². The molecule has 7 nitrogen and oxygen atoms in total. The predicted molar refractivity (Wildman–Crippen MR) is 123 cm³/mol. The van der Waals surface area contributed by atoms with Crippen molar-refractivity contribution in [3.05, 3.63) is 66.5 Å². The first-order valence-corrected chi connectivity index (χ1v) is 10.5. The highest BCUT2D eigenvalue weighted by Crippen LogP contribution is 2.24. The second-order valence-electron chi connectivity index (χ2n) is 7.68. The van der Waals surface area contributed by atoms with Gasteiger partial charge in [0.15, 0.2) is 0 Å². The standard InChI is InChI=1S/C24H26N6O/c1-18(2)31-21-9-7-20(8-10-21)29-11-13-30(14-12-29)24-15-23(26-17-27-24)28-22-6-4-3-5-19(22)16-25/h3-10,15,17-18H,11-14H2,1-2H3,(H,26,27,28). The Morgan fingerprint density at radius 3 is 2.39 bits per heavy atom. The molecule has 1 fully saturated rings. The Kier molecular flexibility index (Phi) is 6.18. The van der Waals surface area contributed by atoms with Crippen molar-refractivity contribution in [3.63, 3.8) is 0 Å². The number of benzene rings is 2. The molecule has 3 aromatic rings. The summed E-state index contributed by atoms with van der Waals surface area (Å²) in [7, 11) is 0. The van der Waals surface area contributed by atoms with Crippen molar-refractivity contribution >= 4 is 23.0 Å². The Labute approximate surface area is 182 Å². The van der Waals surface area contributed by atoms with Crippen LogP contribution in [0.4, 0.5) is 23.0 Å². The number of para-hydroxylation sites is 1. The lowest BCUT2D eigenvalue weighted by Crippen LogP contribution is -2.46. The van der Waals surface area contributed by atoms with Gasteiger partial charge in [0.2, 0.25) is 0 Å². The lowest BCUT2D eigenvalue weighted by atomic mass is 10.2. The van der Waals surface area contributed by atoms with Gasteiger partial charge >= 0.3 is 0 Å². The monoisotopic (exact) mass is 414 g/mol.